The summed E-state index contributed by atoms with van der Waals surface area (Å²) in [4.78, 5) is 23.9. The molecule has 0 bridgehead atoms. The second-order valence-electron chi connectivity index (χ2n) is 6.00. The topological polar surface area (TPSA) is 67.4 Å². The van der Waals surface area contributed by atoms with Crippen molar-refractivity contribution in [1.82, 2.24) is 10.9 Å². The number of benzene rings is 2. The number of carbonyl (C=O) groups excluding carboxylic acids is 2. The molecule has 132 valence electrons. The van der Waals surface area contributed by atoms with Gasteiger partial charge >= 0.3 is 0 Å². The summed E-state index contributed by atoms with van der Waals surface area (Å²) in [5, 5.41) is 0. The number of hydrogen-bond acceptors (Lipinski definition) is 3. The number of hydrazine groups is 1. The molecule has 5 nitrogen and oxygen atoms in total. The highest BCUT2D eigenvalue weighted by Crippen LogP contribution is 2.27. The van der Waals surface area contributed by atoms with Crippen molar-refractivity contribution in [3.05, 3.63) is 63.6 Å². The Hall–Kier alpha value is -2.34. The minimum Gasteiger partial charge on any atom is -0.483 e. The summed E-state index contributed by atoms with van der Waals surface area (Å²) >= 11 is 3.30. The molecule has 0 aliphatic carbocycles. The van der Waals surface area contributed by atoms with Crippen LogP contribution in [0.5, 0.6) is 5.75 Å². The van der Waals surface area contributed by atoms with Crippen LogP contribution in [0.4, 0.5) is 0 Å². The van der Waals surface area contributed by atoms with E-state index in [-0.39, 0.29) is 12.5 Å². The fourth-order valence-electron chi connectivity index (χ4n) is 2.25. The Morgan fingerprint density at radius 2 is 1.88 bits per heavy atom. The number of aryl methyl sites for hydroxylation is 1. The predicted molar refractivity (Wildman–Crippen MR) is 101 cm³/mol. The third-order valence-electron chi connectivity index (χ3n) is 3.55. The zero-order valence-corrected chi connectivity index (χ0v) is 16.0. The van der Waals surface area contributed by atoms with Gasteiger partial charge in [-0.25, -0.2) is 0 Å². The molecular weight excluding hydrogens is 384 g/mol. The van der Waals surface area contributed by atoms with E-state index in [1.54, 1.807) is 18.2 Å². The monoisotopic (exact) mass is 404 g/mol. The number of amides is 2. The highest BCUT2D eigenvalue weighted by Gasteiger charge is 2.11. The van der Waals surface area contributed by atoms with Gasteiger partial charge in [0.05, 0.1) is 0 Å². The highest BCUT2D eigenvalue weighted by molar-refractivity contribution is 9.10. The molecule has 0 radical (unpaired) electrons. The fraction of sp³-hybridized carbons (Fsp3) is 0.263. The Labute approximate surface area is 155 Å². The van der Waals surface area contributed by atoms with Gasteiger partial charge in [0.15, 0.2) is 6.61 Å². The zero-order valence-electron chi connectivity index (χ0n) is 14.4. The average Bonchev–Trinajstić information content (AvgIpc) is 2.57. The molecule has 0 fully saturated rings. The van der Waals surface area contributed by atoms with Crippen LogP contribution in [0.2, 0.25) is 0 Å². The molecular formula is C19H21BrN2O3. The van der Waals surface area contributed by atoms with Crippen LogP contribution in [-0.2, 0) is 4.79 Å². The van der Waals surface area contributed by atoms with Crippen molar-refractivity contribution in [3.8, 4) is 5.75 Å². The molecule has 2 N–H and O–H groups in total. The largest absolute Gasteiger partial charge is 0.483 e. The van der Waals surface area contributed by atoms with E-state index in [2.05, 4.69) is 40.6 Å². The molecule has 2 aromatic rings. The van der Waals surface area contributed by atoms with Crippen LogP contribution in [-0.4, -0.2) is 18.4 Å². The van der Waals surface area contributed by atoms with Gasteiger partial charge in [-0.1, -0.05) is 48.0 Å². The van der Waals surface area contributed by atoms with E-state index in [4.69, 9.17) is 4.74 Å². The molecule has 0 spiro atoms. The lowest BCUT2D eigenvalue weighted by molar-refractivity contribution is -0.123. The van der Waals surface area contributed by atoms with Crippen molar-refractivity contribution >= 4 is 27.7 Å². The molecule has 0 saturated carbocycles. The molecule has 0 aliphatic heterocycles. The minimum absolute atomic E-state index is 0.179. The summed E-state index contributed by atoms with van der Waals surface area (Å²) in [5.41, 5.74) is 7.26. The Balaban J connectivity index is 1.89. The molecule has 0 aromatic heterocycles. The molecule has 2 aromatic carbocycles. The molecule has 0 saturated heterocycles. The van der Waals surface area contributed by atoms with Gasteiger partial charge in [-0.05, 0) is 48.2 Å². The van der Waals surface area contributed by atoms with E-state index in [0.717, 1.165) is 15.6 Å². The smallest absolute Gasteiger partial charge is 0.276 e. The van der Waals surface area contributed by atoms with Gasteiger partial charge in [-0.15, -0.1) is 0 Å². The van der Waals surface area contributed by atoms with Crippen molar-refractivity contribution in [1.29, 1.82) is 0 Å². The standard InChI is InChI=1S/C19H21BrN2O3/c1-12(2)16-8-7-13(3)9-17(16)25-11-18(23)21-22-19(24)14-5-4-6-15(20)10-14/h4-10,12H,11H2,1-3H3,(H,21,23)(H,22,24). The number of nitrogens with one attached hydrogen (secondary N) is 2. The van der Waals surface area contributed by atoms with Crippen molar-refractivity contribution < 1.29 is 14.3 Å². The Morgan fingerprint density at radius 1 is 1.12 bits per heavy atom. The Bertz CT molecular complexity index is 775. The first-order chi connectivity index (χ1) is 11.9. The SMILES string of the molecule is Cc1ccc(C(C)C)c(OCC(=O)NNC(=O)c2cccc(Br)c2)c1. The number of carbonyl (C=O) groups is 2. The molecule has 0 aliphatic rings. The van der Waals surface area contributed by atoms with Crippen molar-refractivity contribution in [2.45, 2.75) is 26.7 Å². The molecule has 2 rings (SSSR count). The van der Waals surface area contributed by atoms with Crippen LogP contribution < -0.4 is 15.6 Å². The fourth-order valence-corrected chi connectivity index (χ4v) is 2.65. The number of halogens is 1. The second kappa shape index (κ2) is 8.67. The molecule has 0 heterocycles. The van der Waals surface area contributed by atoms with Crippen LogP contribution in [0, 0.1) is 6.92 Å². The van der Waals surface area contributed by atoms with E-state index >= 15 is 0 Å². The van der Waals surface area contributed by atoms with Crippen molar-refractivity contribution in [2.24, 2.45) is 0 Å². The van der Waals surface area contributed by atoms with Gasteiger partial charge in [0.2, 0.25) is 0 Å². The quantitative estimate of drug-likeness (QED) is 0.746. The lowest BCUT2D eigenvalue weighted by Crippen LogP contribution is -2.43. The first kappa shape index (κ1) is 19.0. The van der Waals surface area contributed by atoms with Crippen LogP contribution in [0.25, 0.3) is 0 Å². The normalized spacial score (nSPS) is 10.4. The summed E-state index contributed by atoms with van der Waals surface area (Å²) in [6, 6.07) is 12.8. The lowest BCUT2D eigenvalue weighted by atomic mass is 10.0. The van der Waals surface area contributed by atoms with Gasteiger partial charge < -0.3 is 4.74 Å². The lowest BCUT2D eigenvalue weighted by Gasteiger charge is -2.15. The summed E-state index contributed by atoms with van der Waals surface area (Å²) in [6.07, 6.45) is 0. The van der Waals surface area contributed by atoms with Gasteiger partial charge in [-0.3, -0.25) is 20.4 Å². The number of hydrogen-bond donors (Lipinski definition) is 2. The summed E-state index contributed by atoms with van der Waals surface area (Å²) in [5.74, 6) is 0.144. The van der Waals surface area contributed by atoms with Crippen molar-refractivity contribution in [2.75, 3.05) is 6.61 Å². The van der Waals surface area contributed by atoms with Crippen LogP contribution >= 0.6 is 15.9 Å². The number of ether oxygens (including phenoxy) is 1. The third kappa shape index (κ3) is 5.60. The summed E-state index contributed by atoms with van der Waals surface area (Å²) in [7, 11) is 0. The number of rotatable bonds is 5. The van der Waals surface area contributed by atoms with Crippen LogP contribution in [0.3, 0.4) is 0 Å². The third-order valence-corrected chi connectivity index (χ3v) is 4.05. The van der Waals surface area contributed by atoms with E-state index in [0.29, 0.717) is 11.3 Å². The minimum atomic E-state index is -0.431. The van der Waals surface area contributed by atoms with E-state index in [1.165, 1.54) is 0 Å². The molecule has 2 amide bonds. The highest BCUT2D eigenvalue weighted by atomic mass is 79.9. The average molecular weight is 405 g/mol. The van der Waals surface area contributed by atoms with Crippen molar-refractivity contribution in [3.63, 3.8) is 0 Å². The molecule has 25 heavy (non-hydrogen) atoms. The van der Waals surface area contributed by atoms with E-state index in [9.17, 15) is 9.59 Å². The summed E-state index contributed by atoms with van der Waals surface area (Å²) in [6.45, 7) is 5.92. The Kier molecular flexibility index (Phi) is 6.58. The van der Waals surface area contributed by atoms with Gasteiger partial charge in [0.1, 0.15) is 5.75 Å². The maximum absolute atomic E-state index is 12.0. The van der Waals surface area contributed by atoms with Crippen LogP contribution in [0.1, 0.15) is 41.3 Å². The second-order valence-corrected chi connectivity index (χ2v) is 6.91. The maximum atomic E-state index is 12.0. The first-order valence-corrected chi connectivity index (χ1v) is 8.74. The predicted octanol–water partition coefficient (Wildman–Crippen LogP) is 3.72. The Morgan fingerprint density at radius 3 is 2.56 bits per heavy atom. The van der Waals surface area contributed by atoms with Gasteiger partial charge in [0, 0.05) is 10.0 Å². The molecule has 0 unspecified atom stereocenters. The first-order valence-electron chi connectivity index (χ1n) is 7.95. The molecule has 0 atom stereocenters. The maximum Gasteiger partial charge on any atom is 0.276 e. The van der Waals surface area contributed by atoms with Crippen LogP contribution in [0.15, 0.2) is 46.9 Å². The molecule has 6 heteroatoms. The van der Waals surface area contributed by atoms with E-state index < -0.39 is 11.8 Å². The van der Waals surface area contributed by atoms with E-state index in [1.807, 2.05) is 31.2 Å². The van der Waals surface area contributed by atoms with Gasteiger partial charge in [0.25, 0.3) is 11.8 Å². The summed E-state index contributed by atoms with van der Waals surface area (Å²) < 4.78 is 6.41. The van der Waals surface area contributed by atoms with Gasteiger partial charge in [-0.2, -0.15) is 0 Å². The zero-order chi connectivity index (χ0) is 18.4.